The van der Waals surface area contributed by atoms with Crippen molar-refractivity contribution >= 4 is 21.6 Å². The third kappa shape index (κ3) is 2.43. The molecular weight excluding hydrogens is 290 g/mol. The summed E-state index contributed by atoms with van der Waals surface area (Å²) >= 11 is 3.48. The first kappa shape index (κ1) is 11.8. The van der Waals surface area contributed by atoms with Crippen LogP contribution in [0, 0.1) is 0 Å². The van der Waals surface area contributed by atoms with Crippen molar-refractivity contribution in [1.82, 2.24) is 9.78 Å². The predicted molar refractivity (Wildman–Crippen MR) is 76.6 cm³/mol. The number of hydrogen-bond acceptors (Lipinski definition) is 2. The summed E-state index contributed by atoms with van der Waals surface area (Å²) in [6, 6.07) is 11.0. The zero-order chi connectivity index (χ0) is 12.4. The molecule has 94 valence electrons. The van der Waals surface area contributed by atoms with Gasteiger partial charge in [-0.05, 0) is 43.5 Å². The van der Waals surface area contributed by atoms with Crippen LogP contribution in [0.5, 0.6) is 0 Å². The van der Waals surface area contributed by atoms with E-state index < -0.39 is 0 Å². The van der Waals surface area contributed by atoms with Crippen LogP contribution in [0.25, 0.3) is 0 Å². The number of nitrogens with zero attached hydrogens (tertiary/aromatic N) is 2. The molecule has 0 aliphatic heterocycles. The third-order valence-electron chi connectivity index (χ3n) is 3.47. The molecule has 18 heavy (non-hydrogen) atoms. The molecule has 0 saturated heterocycles. The van der Waals surface area contributed by atoms with E-state index in [0.29, 0.717) is 6.04 Å². The molecule has 1 saturated carbocycles. The Morgan fingerprint density at radius 2 is 2.22 bits per heavy atom. The van der Waals surface area contributed by atoms with Crippen molar-refractivity contribution in [1.29, 1.82) is 0 Å². The standard InChI is InChI=1S/C14H16BrN3/c15-11-3-1-4-12(9-11)16-10-14-7-8-17-18(14)13-5-2-6-13/h1,3-4,7-9,13,16H,2,5-6,10H2. The first-order valence-corrected chi connectivity index (χ1v) is 7.14. The van der Waals surface area contributed by atoms with Gasteiger partial charge in [0.1, 0.15) is 0 Å². The second-order valence-corrected chi connectivity index (χ2v) is 5.63. The average Bonchev–Trinajstić information content (AvgIpc) is 2.72. The fourth-order valence-corrected chi connectivity index (χ4v) is 2.63. The number of hydrogen-bond donors (Lipinski definition) is 1. The number of anilines is 1. The predicted octanol–water partition coefficient (Wildman–Crippen LogP) is 3.98. The highest BCUT2D eigenvalue weighted by molar-refractivity contribution is 9.10. The largest absolute Gasteiger partial charge is 0.379 e. The van der Waals surface area contributed by atoms with Crippen LogP contribution in [0.4, 0.5) is 5.69 Å². The summed E-state index contributed by atoms with van der Waals surface area (Å²) in [6.07, 6.45) is 5.77. The summed E-state index contributed by atoms with van der Waals surface area (Å²) in [5, 5.41) is 7.88. The Morgan fingerprint density at radius 3 is 2.94 bits per heavy atom. The molecular formula is C14H16BrN3. The smallest absolute Gasteiger partial charge is 0.0578 e. The minimum atomic E-state index is 0.624. The molecule has 1 aromatic heterocycles. The van der Waals surface area contributed by atoms with E-state index in [2.05, 4.69) is 49.2 Å². The molecule has 2 aromatic rings. The molecule has 3 nitrogen and oxygen atoms in total. The molecule has 1 aliphatic carbocycles. The molecule has 3 rings (SSSR count). The van der Waals surface area contributed by atoms with Crippen molar-refractivity contribution in [3.8, 4) is 0 Å². The summed E-state index contributed by atoms with van der Waals surface area (Å²) < 4.78 is 3.27. The first-order valence-electron chi connectivity index (χ1n) is 6.35. The Kier molecular flexibility index (Phi) is 3.37. The van der Waals surface area contributed by atoms with Crippen LogP contribution in [0.2, 0.25) is 0 Å². The molecule has 0 bridgehead atoms. The van der Waals surface area contributed by atoms with Gasteiger partial charge in [0, 0.05) is 16.4 Å². The quantitative estimate of drug-likeness (QED) is 0.926. The molecule has 1 aromatic carbocycles. The minimum Gasteiger partial charge on any atom is -0.379 e. The lowest BCUT2D eigenvalue weighted by molar-refractivity contribution is 0.283. The van der Waals surface area contributed by atoms with Gasteiger partial charge in [-0.25, -0.2) is 0 Å². The minimum absolute atomic E-state index is 0.624. The van der Waals surface area contributed by atoms with E-state index in [0.717, 1.165) is 16.7 Å². The Bertz CT molecular complexity index is 531. The number of rotatable bonds is 4. The zero-order valence-electron chi connectivity index (χ0n) is 10.1. The molecule has 4 heteroatoms. The van der Waals surface area contributed by atoms with E-state index in [1.807, 2.05) is 18.3 Å². The van der Waals surface area contributed by atoms with E-state index in [4.69, 9.17) is 0 Å². The van der Waals surface area contributed by atoms with Crippen molar-refractivity contribution in [3.05, 3.63) is 46.7 Å². The fourth-order valence-electron chi connectivity index (χ4n) is 2.23. The van der Waals surface area contributed by atoms with Gasteiger partial charge < -0.3 is 5.32 Å². The van der Waals surface area contributed by atoms with Crippen LogP contribution in [0.1, 0.15) is 31.0 Å². The Hall–Kier alpha value is -1.29. The SMILES string of the molecule is Brc1cccc(NCc2ccnn2C2CCC2)c1. The van der Waals surface area contributed by atoms with Gasteiger partial charge in [0.15, 0.2) is 0 Å². The maximum absolute atomic E-state index is 4.44. The molecule has 1 N–H and O–H groups in total. The van der Waals surface area contributed by atoms with Crippen LogP contribution in [0.3, 0.4) is 0 Å². The Morgan fingerprint density at radius 1 is 1.33 bits per heavy atom. The second-order valence-electron chi connectivity index (χ2n) is 4.72. The summed E-state index contributed by atoms with van der Waals surface area (Å²) in [5.41, 5.74) is 2.39. The van der Waals surface area contributed by atoms with E-state index in [1.54, 1.807) is 0 Å². The van der Waals surface area contributed by atoms with Gasteiger partial charge in [0.2, 0.25) is 0 Å². The van der Waals surface area contributed by atoms with Crippen molar-refractivity contribution < 1.29 is 0 Å². The normalized spacial score (nSPS) is 15.4. The van der Waals surface area contributed by atoms with Gasteiger partial charge in [0.25, 0.3) is 0 Å². The summed E-state index contributed by atoms with van der Waals surface area (Å²) in [5.74, 6) is 0. The van der Waals surface area contributed by atoms with Crippen LogP contribution in [-0.2, 0) is 6.54 Å². The number of nitrogens with one attached hydrogen (secondary N) is 1. The maximum atomic E-state index is 4.44. The molecule has 0 spiro atoms. The molecule has 1 heterocycles. The van der Waals surface area contributed by atoms with E-state index in [1.165, 1.54) is 25.0 Å². The van der Waals surface area contributed by atoms with Gasteiger partial charge in [-0.3, -0.25) is 4.68 Å². The van der Waals surface area contributed by atoms with Crippen LogP contribution >= 0.6 is 15.9 Å². The molecule has 1 fully saturated rings. The fraction of sp³-hybridized carbons (Fsp3) is 0.357. The van der Waals surface area contributed by atoms with Gasteiger partial charge in [-0.15, -0.1) is 0 Å². The Balaban J connectivity index is 1.68. The van der Waals surface area contributed by atoms with Crippen molar-refractivity contribution in [3.63, 3.8) is 0 Å². The Labute approximate surface area is 115 Å². The second kappa shape index (κ2) is 5.14. The van der Waals surface area contributed by atoms with E-state index in [-0.39, 0.29) is 0 Å². The molecule has 0 amide bonds. The highest BCUT2D eigenvalue weighted by atomic mass is 79.9. The summed E-state index contributed by atoms with van der Waals surface area (Å²) in [6.45, 7) is 0.826. The monoisotopic (exact) mass is 305 g/mol. The van der Waals surface area contributed by atoms with Crippen LogP contribution in [-0.4, -0.2) is 9.78 Å². The van der Waals surface area contributed by atoms with E-state index in [9.17, 15) is 0 Å². The summed E-state index contributed by atoms with van der Waals surface area (Å²) in [4.78, 5) is 0. The lowest BCUT2D eigenvalue weighted by atomic mass is 9.93. The molecule has 0 unspecified atom stereocenters. The van der Waals surface area contributed by atoms with Crippen LogP contribution < -0.4 is 5.32 Å². The van der Waals surface area contributed by atoms with Gasteiger partial charge >= 0.3 is 0 Å². The number of benzene rings is 1. The average molecular weight is 306 g/mol. The molecule has 1 aliphatic rings. The lowest BCUT2D eigenvalue weighted by Crippen LogP contribution is -2.21. The zero-order valence-corrected chi connectivity index (χ0v) is 11.7. The topological polar surface area (TPSA) is 29.9 Å². The van der Waals surface area contributed by atoms with Crippen molar-refractivity contribution in [2.75, 3.05) is 5.32 Å². The highest BCUT2D eigenvalue weighted by Crippen LogP contribution is 2.31. The molecule has 0 atom stereocenters. The summed E-state index contributed by atoms with van der Waals surface area (Å²) in [7, 11) is 0. The van der Waals surface area contributed by atoms with Gasteiger partial charge in [-0.2, -0.15) is 5.10 Å². The maximum Gasteiger partial charge on any atom is 0.0578 e. The van der Waals surface area contributed by atoms with Crippen molar-refractivity contribution in [2.24, 2.45) is 0 Å². The first-order chi connectivity index (χ1) is 8.83. The highest BCUT2D eigenvalue weighted by Gasteiger charge is 2.21. The third-order valence-corrected chi connectivity index (χ3v) is 3.96. The number of halogens is 1. The lowest BCUT2D eigenvalue weighted by Gasteiger charge is -2.27. The van der Waals surface area contributed by atoms with E-state index >= 15 is 0 Å². The molecule has 0 radical (unpaired) electrons. The van der Waals surface area contributed by atoms with Gasteiger partial charge in [-0.1, -0.05) is 22.0 Å². The number of aromatic nitrogens is 2. The van der Waals surface area contributed by atoms with Gasteiger partial charge in [0.05, 0.1) is 18.3 Å². The van der Waals surface area contributed by atoms with Crippen molar-refractivity contribution in [2.45, 2.75) is 31.8 Å². The van der Waals surface area contributed by atoms with Crippen LogP contribution in [0.15, 0.2) is 41.0 Å².